The van der Waals surface area contributed by atoms with Gasteiger partial charge in [0.2, 0.25) is 0 Å². The molecule has 2 aliphatic carbocycles. The highest BCUT2D eigenvalue weighted by molar-refractivity contribution is 7.16. The second kappa shape index (κ2) is 5.49. The fourth-order valence-corrected chi connectivity index (χ4v) is 5.33. The molecule has 3 unspecified atom stereocenters. The van der Waals surface area contributed by atoms with Crippen LogP contribution in [0.5, 0.6) is 0 Å². The van der Waals surface area contributed by atoms with Crippen molar-refractivity contribution in [2.24, 2.45) is 17.8 Å². The maximum Gasteiger partial charge on any atom is 0.145 e. The molecule has 2 fully saturated rings. The van der Waals surface area contributed by atoms with Crippen LogP contribution in [-0.4, -0.2) is 28.5 Å². The number of fused-ring (bicyclic) bond motifs is 3. The van der Waals surface area contributed by atoms with Crippen molar-refractivity contribution in [2.45, 2.75) is 32.2 Å². The van der Waals surface area contributed by atoms with Gasteiger partial charge in [-0.05, 0) is 55.5 Å². The average Bonchev–Trinajstić information content (AvgIpc) is 3.13. The Kier molecular flexibility index (Phi) is 3.64. The topological polar surface area (TPSA) is 29.0 Å². The van der Waals surface area contributed by atoms with E-state index in [1.54, 1.807) is 11.3 Å². The Labute approximate surface area is 134 Å². The number of halogens is 1. The summed E-state index contributed by atoms with van der Waals surface area (Å²) >= 11 is 7.88. The molecule has 0 saturated heterocycles. The van der Waals surface area contributed by atoms with Crippen molar-refractivity contribution in [3.8, 4) is 0 Å². The highest BCUT2D eigenvalue weighted by Gasteiger charge is 2.39. The zero-order valence-electron chi connectivity index (χ0n) is 12.3. The summed E-state index contributed by atoms with van der Waals surface area (Å²) in [5, 5.41) is 3.58. The van der Waals surface area contributed by atoms with Gasteiger partial charge in [0.15, 0.2) is 0 Å². The maximum absolute atomic E-state index is 6.25. The van der Waals surface area contributed by atoms with Gasteiger partial charge in [0.1, 0.15) is 15.8 Å². The van der Waals surface area contributed by atoms with Gasteiger partial charge in [-0.2, -0.15) is 0 Å². The Balaban J connectivity index is 1.44. The van der Waals surface area contributed by atoms with E-state index in [0.29, 0.717) is 5.15 Å². The van der Waals surface area contributed by atoms with Crippen molar-refractivity contribution in [2.75, 3.05) is 13.6 Å². The third kappa shape index (κ3) is 2.69. The number of nitrogens with zero attached hydrogens (tertiary/aromatic N) is 3. The smallest absolute Gasteiger partial charge is 0.145 e. The Hall–Kier alpha value is -0.710. The van der Waals surface area contributed by atoms with Gasteiger partial charge in [-0.1, -0.05) is 18.0 Å². The minimum absolute atomic E-state index is 0.588. The van der Waals surface area contributed by atoms with E-state index in [4.69, 9.17) is 11.6 Å². The van der Waals surface area contributed by atoms with Crippen molar-refractivity contribution in [3.05, 3.63) is 22.4 Å². The fourth-order valence-electron chi connectivity index (χ4n) is 4.24. The largest absolute Gasteiger partial charge is 0.299 e. The SMILES string of the molecule is CN(Cc1nc(Cl)c2ccsc2n1)CC1CC2CCC1C2. The van der Waals surface area contributed by atoms with E-state index >= 15 is 0 Å². The van der Waals surface area contributed by atoms with Crippen LogP contribution in [0.4, 0.5) is 0 Å². The third-order valence-corrected chi connectivity index (χ3v) is 6.26. The van der Waals surface area contributed by atoms with E-state index in [2.05, 4.69) is 21.9 Å². The zero-order valence-corrected chi connectivity index (χ0v) is 13.8. The van der Waals surface area contributed by atoms with Crippen molar-refractivity contribution in [3.63, 3.8) is 0 Å². The number of thiophene rings is 1. The van der Waals surface area contributed by atoms with E-state index in [9.17, 15) is 0 Å². The van der Waals surface area contributed by atoms with Crippen LogP contribution in [0.15, 0.2) is 11.4 Å². The molecule has 5 heteroatoms. The summed E-state index contributed by atoms with van der Waals surface area (Å²) in [5.41, 5.74) is 0. The molecule has 2 heterocycles. The third-order valence-electron chi connectivity index (χ3n) is 5.17. The molecule has 0 aliphatic heterocycles. The lowest BCUT2D eigenvalue weighted by molar-refractivity contribution is 0.211. The molecule has 2 saturated carbocycles. The zero-order chi connectivity index (χ0) is 14.4. The van der Waals surface area contributed by atoms with E-state index in [1.165, 1.54) is 32.2 Å². The van der Waals surface area contributed by atoms with Crippen LogP contribution in [0.2, 0.25) is 5.15 Å². The molecule has 112 valence electrons. The van der Waals surface area contributed by atoms with Crippen molar-refractivity contribution >= 4 is 33.2 Å². The molecule has 21 heavy (non-hydrogen) atoms. The molecule has 0 spiro atoms. The normalized spacial score (nSPS) is 28.0. The summed E-state index contributed by atoms with van der Waals surface area (Å²) in [4.78, 5) is 12.5. The standard InChI is InChI=1S/C16H20ClN3S/c1-20(8-12-7-10-2-3-11(12)6-10)9-14-18-15(17)13-4-5-21-16(13)19-14/h4-5,10-12H,2-3,6-9H2,1H3. The van der Waals surface area contributed by atoms with Crippen LogP contribution in [0, 0.1) is 17.8 Å². The molecule has 2 aromatic rings. The van der Waals surface area contributed by atoms with Gasteiger partial charge in [0, 0.05) is 11.9 Å². The molecule has 3 atom stereocenters. The van der Waals surface area contributed by atoms with Gasteiger partial charge < -0.3 is 0 Å². The van der Waals surface area contributed by atoms with Crippen molar-refractivity contribution in [1.82, 2.24) is 14.9 Å². The molecule has 2 aromatic heterocycles. The van der Waals surface area contributed by atoms with E-state index in [0.717, 1.165) is 40.3 Å². The van der Waals surface area contributed by atoms with Crippen LogP contribution in [-0.2, 0) is 6.54 Å². The van der Waals surface area contributed by atoms with Gasteiger partial charge in [0.05, 0.1) is 6.54 Å². The molecule has 0 amide bonds. The van der Waals surface area contributed by atoms with Gasteiger partial charge in [0.25, 0.3) is 0 Å². The highest BCUT2D eigenvalue weighted by Crippen LogP contribution is 2.48. The summed E-state index contributed by atoms with van der Waals surface area (Å²) < 4.78 is 0. The molecule has 0 radical (unpaired) electrons. The highest BCUT2D eigenvalue weighted by atomic mass is 35.5. The number of rotatable bonds is 4. The van der Waals surface area contributed by atoms with Crippen LogP contribution >= 0.6 is 22.9 Å². The first kappa shape index (κ1) is 13.9. The minimum atomic E-state index is 0.588. The van der Waals surface area contributed by atoms with Crippen LogP contribution < -0.4 is 0 Å². The molecule has 2 bridgehead atoms. The van der Waals surface area contributed by atoms with E-state index in [1.807, 2.05) is 11.4 Å². The molecule has 0 aromatic carbocycles. The second-order valence-corrected chi connectivity index (χ2v) is 7.95. The summed E-state index contributed by atoms with van der Waals surface area (Å²) in [6.45, 7) is 1.96. The summed E-state index contributed by atoms with van der Waals surface area (Å²) in [6, 6.07) is 1.99. The Bertz CT molecular complexity index is 656. The first-order valence-electron chi connectivity index (χ1n) is 7.77. The quantitative estimate of drug-likeness (QED) is 0.790. The second-order valence-electron chi connectivity index (χ2n) is 6.70. The lowest BCUT2D eigenvalue weighted by Crippen LogP contribution is -2.29. The Morgan fingerprint density at radius 3 is 3.00 bits per heavy atom. The molecular formula is C16H20ClN3S. The summed E-state index contributed by atoms with van der Waals surface area (Å²) in [5.74, 6) is 3.72. The molecule has 4 rings (SSSR count). The Morgan fingerprint density at radius 1 is 1.33 bits per heavy atom. The lowest BCUT2D eigenvalue weighted by atomic mass is 9.88. The van der Waals surface area contributed by atoms with E-state index < -0.39 is 0 Å². The number of hydrogen-bond donors (Lipinski definition) is 0. The van der Waals surface area contributed by atoms with E-state index in [-0.39, 0.29) is 0 Å². The Morgan fingerprint density at radius 2 is 2.24 bits per heavy atom. The molecule has 2 aliphatic rings. The van der Waals surface area contributed by atoms with Crippen molar-refractivity contribution < 1.29 is 0 Å². The van der Waals surface area contributed by atoms with Crippen molar-refractivity contribution in [1.29, 1.82) is 0 Å². The predicted molar refractivity (Wildman–Crippen MR) is 87.7 cm³/mol. The lowest BCUT2D eigenvalue weighted by Gasteiger charge is -2.26. The maximum atomic E-state index is 6.25. The number of aromatic nitrogens is 2. The van der Waals surface area contributed by atoms with Crippen LogP contribution in [0.3, 0.4) is 0 Å². The molecular weight excluding hydrogens is 302 g/mol. The van der Waals surface area contributed by atoms with Crippen LogP contribution in [0.1, 0.15) is 31.5 Å². The van der Waals surface area contributed by atoms with Gasteiger partial charge >= 0.3 is 0 Å². The summed E-state index contributed by atoms with van der Waals surface area (Å²) in [7, 11) is 2.18. The van der Waals surface area contributed by atoms with Crippen LogP contribution in [0.25, 0.3) is 10.2 Å². The number of hydrogen-bond acceptors (Lipinski definition) is 4. The molecule has 3 nitrogen and oxygen atoms in total. The monoisotopic (exact) mass is 321 g/mol. The van der Waals surface area contributed by atoms with Gasteiger partial charge in [-0.15, -0.1) is 11.3 Å². The van der Waals surface area contributed by atoms with Gasteiger partial charge in [-0.3, -0.25) is 4.90 Å². The predicted octanol–water partition coefficient (Wildman–Crippen LogP) is 4.21. The molecule has 0 N–H and O–H groups in total. The first-order chi connectivity index (χ1) is 10.2. The average molecular weight is 322 g/mol. The van der Waals surface area contributed by atoms with Gasteiger partial charge in [-0.25, -0.2) is 9.97 Å². The summed E-state index contributed by atoms with van der Waals surface area (Å²) in [6.07, 6.45) is 5.83. The fraction of sp³-hybridized carbons (Fsp3) is 0.625. The minimum Gasteiger partial charge on any atom is -0.299 e. The first-order valence-corrected chi connectivity index (χ1v) is 9.03.